The van der Waals surface area contributed by atoms with Crippen molar-refractivity contribution in [2.75, 3.05) is 13.1 Å². The van der Waals surface area contributed by atoms with Crippen molar-refractivity contribution in [2.24, 2.45) is 17.8 Å². The molecule has 0 saturated heterocycles. The molecule has 0 bridgehead atoms. The van der Waals surface area contributed by atoms with Gasteiger partial charge in [-0.05, 0) is 30.6 Å². The Morgan fingerprint density at radius 2 is 1.85 bits per heavy atom. The van der Waals surface area contributed by atoms with E-state index in [9.17, 15) is 9.59 Å². The molecule has 0 spiro atoms. The van der Waals surface area contributed by atoms with Crippen LogP contribution in [-0.4, -0.2) is 30.2 Å². The van der Waals surface area contributed by atoms with Crippen LogP contribution in [0.25, 0.3) is 0 Å². The minimum Gasteiger partial charge on any atom is -0.481 e. The van der Waals surface area contributed by atoms with Gasteiger partial charge in [-0.1, -0.05) is 33.1 Å². The molecule has 1 fully saturated rings. The zero-order valence-electron chi connectivity index (χ0n) is 12.7. The maximum atomic E-state index is 11.7. The fourth-order valence-electron chi connectivity index (χ4n) is 2.68. The molecule has 1 aliphatic carbocycles. The Bertz CT molecular complexity index is 312. The van der Waals surface area contributed by atoms with Crippen LogP contribution < -0.4 is 10.6 Å². The van der Waals surface area contributed by atoms with Crippen molar-refractivity contribution in [3.8, 4) is 0 Å². The molecule has 1 atom stereocenters. The first-order valence-corrected chi connectivity index (χ1v) is 7.74. The summed E-state index contributed by atoms with van der Waals surface area (Å²) in [6.07, 6.45) is 5.76. The minimum absolute atomic E-state index is 0.00813. The first kappa shape index (κ1) is 16.8. The maximum absolute atomic E-state index is 11.7. The summed E-state index contributed by atoms with van der Waals surface area (Å²) in [5.41, 5.74) is 0. The summed E-state index contributed by atoms with van der Waals surface area (Å²) in [5, 5.41) is 14.4. The second-order valence-corrected chi connectivity index (χ2v) is 6.09. The molecule has 0 aromatic heterocycles. The molecule has 1 aliphatic rings. The Morgan fingerprint density at radius 3 is 2.40 bits per heavy atom. The van der Waals surface area contributed by atoms with Gasteiger partial charge in [0.15, 0.2) is 0 Å². The molecule has 116 valence electrons. The van der Waals surface area contributed by atoms with Gasteiger partial charge < -0.3 is 15.7 Å². The van der Waals surface area contributed by atoms with Gasteiger partial charge >= 0.3 is 12.0 Å². The number of amides is 2. The van der Waals surface area contributed by atoms with E-state index in [1.165, 1.54) is 25.7 Å². The molecular weight excluding hydrogens is 256 g/mol. The van der Waals surface area contributed by atoms with Crippen molar-refractivity contribution in [3.05, 3.63) is 0 Å². The van der Waals surface area contributed by atoms with E-state index in [2.05, 4.69) is 17.6 Å². The number of aliphatic carboxylic acids is 1. The second kappa shape index (κ2) is 8.82. The molecular formula is C15H28N2O3. The van der Waals surface area contributed by atoms with Crippen LogP contribution >= 0.6 is 0 Å². The van der Waals surface area contributed by atoms with Crippen LogP contribution in [0.15, 0.2) is 0 Å². The lowest BCUT2D eigenvalue weighted by atomic mass is 9.83. The van der Waals surface area contributed by atoms with E-state index in [1.54, 1.807) is 0 Å². The summed E-state index contributed by atoms with van der Waals surface area (Å²) in [6.45, 7) is 5.38. The molecule has 0 aliphatic heterocycles. The Labute approximate surface area is 121 Å². The van der Waals surface area contributed by atoms with Crippen molar-refractivity contribution in [2.45, 2.75) is 52.4 Å². The standard InChI is InChI=1S/C15H28N2O3/c1-3-12(8-14(18)19)9-16-15(20)17-10-13-6-4-11(2)5-7-13/h11-13H,3-10H2,1-2H3,(H,18,19)(H2,16,17,20). The van der Waals surface area contributed by atoms with Crippen molar-refractivity contribution in [1.82, 2.24) is 10.6 Å². The second-order valence-electron chi connectivity index (χ2n) is 6.09. The number of carbonyl (C=O) groups excluding carboxylic acids is 1. The minimum atomic E-state index is -0.810. The molecule has 1 saturated carbocycles. The largest absolute Gasteiger partial charge is 0.481 e. The topological polar surface area (TPSA) is 78.4 Å². The number of carbonyl (C=O) groups is 2. The van der Waals surface area contributed by atoms with Gasteiger partial charge in [0.25, 0.3) is 0 Å². The van der Waals surface area contributed by atoms with Gasteiger partial charge in [0.05, 0.1) is 0 Å². The molecule has 0 aromatic rings. The number of nitrogens with one attached hydrogen (secondary N) is 2. The van der Waals surface area contributed by atoms with E-state index in [1.807, 2.05) is 6.92 Å². The number of rotatable bonds is 7. The number of urea groups is 1. The SMILES string of the molecule is CCC(CNC(=O)NCC1CCC(C)CC1)CC(=O)O. The molecule has 0 radical (unpaired) electrons. The predicted molar refractivity (Wildman–Crippen MR) is 78.6 cm³/mol. The fraction of sp³-hybridized carbons (Fsp3) is 0.867. The molecule has 0 heterocycles. The zero-order chi connectivity index (χ0) is 15.0. The quantitative estimate of drug-likeness (QED) is 0.672. The molecule has 5 nitrogen and oxygen atoms in total. The van der Waals surface area contributed by atoms with Gasteiger partial charge in [-0.3, -0.25) is 4.79 Å². The smallest absolute Gasteiger partial charge is 0.314 e. The van der Waals surface area contributed by atoms with Crippen LogP contribution in [0, 0.1) is 17.8 Å². The molecule has 20 heavy (non-hydrogen) atoms. The van der Waals surface area contributed by atoms with E-state index >= 15 is 0 Å². The molecule has 0 aromatic carbocycles. The Hall–Kier alpha value is -1.26. The lowest BCUT2D eigenvalue weighted by molar-refractivity contribution is -0.138. The zero-order valence-corrected chi connectivity index (χ0v) is 12.7. The van der Waals surface area contributed by atoms with Gasteiger partial charge in [-0.15, -0.1) is 0 Å². The summed E-state index contributed by atoms with van der Waals surface area (Å²) in [4.78, 5) is 22.3. The van der Waals surface area contributed by atoms with Crippen molar-refractivity contribution < 1.29 is 14.7 Å². The van der Waals surface area contributed by atoms with Gasteiger partial charge in [0.2, 0.25) is 0 Å². The Morgan fingerprint density at radius 1 is 1.20 bits per heavy atom. The first-order chi connectivity index (χ1) is 9.51. The van der Waals surface area contributed by atoms with Gasteiger partial charge in [0.1, 0.15) is 0 Å². The Kier molecular flexibility index (Phi) is 7.41. The lowest BCUT2D eigenvalue weighted by Crippen LogP contribution is -2.41. The average molecular weight is 284 g/mol. The van der Waals surface area contributed by atoms with Crippen molar-refractivity contribution in [3.63, 3.8) is 0 Å². The fourth-order valence-corrected chi connectivity index (χ4v) is 2.68. The highest BCUT2D eigenvalue weighted by molar-refractivity contribution is 5.74. The summed E-state index contributed by atoms with van der Waals surface area (Å²) in [5.74, 6) is 0.614. The molecule has 1 unspecified atom stereocenters. The van der Waals surface area contributed by atoms with Gasteiger partial charge in [0, 0.05) is 19.5 Å². The molecule has 1 rings (SSSR count). The highest BCUT2D eigenvalue weighted by Gasteiger charge is 2.19. The predicted octanol–water partition coefficient (Wildman–Crippen LogP) is 2.61. The third kappa shape index (κ3) is 6.78. The summed E-state index contributed by atoms with van der Waals surface area (Å²) >= 11 is 0. The number of carboxylic acid groups (broad SMARTS) is 1. The first-order valence-electron chi connectivity index (χ1n) is 7.74. The summed E-state index contributed by atoms with van der Waals surface area (Å²) in [7, 11) is 0. The highest BCUT2D eigenvalue weighted by Crippen LogP contribution is 2.27. The van der Waals surface area contributed by atoms with Crippen LogP contribution in [0.2, 0.25) is 0 Å². The average Bonchev–Trinajstić information content (AvgIpc) is 2.42. The van der Waals surface area contributed by atoms with E-state index in [0.717, 1.165) is 18.9 Å². The summed E-state index contributed by atoms with van der Waals surface area (Å²) < 4.78 is 0. The van der Waals surface area contributed by atoms with E-state index in [-0.39, 0.29) is 18.4 Å². The lowest BCUT2D eigenvalue weighted by Gasteiger charge is -2.26. The van der Waals surface area contributed by atoms with E-state index in [4.69, 9.17) is 5.11 Å². The third-order valence-corrected chi connectivity index (χ3v) is 4.28. The highest BCUT2D eigenvalue weighted by atomic mass is 16.4. The molecule has 5 heteroatoms. The summed E-state index contributed by atoms with van der Waals surface area (Å²) in [6, 6.07) is -0.174. The van der Waals surface area contributed by atoms with Crippen LogP contribution in [-0.2, 0) is 4.79 Å². The van der Waals surface area contributed by atoms with Crippen LogP contribution in [0.3, 0.4) is 0 Å². The Balaban J connectivity index is 2.15. The van der Waals surface area contributed by atoms with E-state index in [0.29, 0.717) is 12.5 Å². The number of carboxylic acids is 1. The molecule has 2 amide bonds. The van der Waals surface area contributed by atoms with Crippen LogP contribution in [0.4, 0.5) is 4.79 Å². The van der Waals surface area contributed by atoms with Gasteiger partial charge in [-0.25, -0.2) is 4.79 Å². The third-order valence-electron chi connectivity index (χ3n) is 4.28. The van der Waals surface area contributed by atoms with Crippen LogP contribution in [0.5, 0.6) is 0 Å². The van der Waals surface area contributed by atoms with Crippen molar-refractivity contribution >= 4 is 12.0 Å². The number of hydrogen-bond acceptors (Lipinski definition) is 2. The normalized spacial score (nSPS) is 23.9. The number of hydrogen-bond donors (Lipinski definition) is 3. The maximum Gasteiger partial charge on any atom is 0.314 e. The van der Waals surface area contributed by atoms with Crippen LogP contribution in [0.1, 0.15) is 52.4 Å². The van der Waals surface area contributed by atoms with Crippen molar-refractivity contribution in [1.29, 1.82) is 0 Å². The monoisotopic (exact) mass is 284 g/mol. The molecule has 3 N–H and O–H groups in total. The van der Waals surface area contributed by atoms with Gasteiger partial charge in [-0.2, -0.15) is 0 Å². The van der Waals surface area contributed by atoms with E-state index < -0.39 is 5.97 Å².